The van der Waals surface area contributed by atoms with Gasteiger partial charge < -0.3 is 0 Å². The van der Waals surface area contributed by atoms with Crippen LogP contribution in [0.2, 0.25) is 0 Å². The Kier molecular flexibility index (Phi) is 6.09. The van der Waals surface area contributed by atoms with Crippen LogP contribution in [0.4, 0.5) is 0 Å². The van der Waals surface area contributed by atoms with Crippen LogP contribution in [0.5, 0.6) is 0 Å². The highest BCUT2D eigenvalue weighted by Crippen LogP contribution is 2.53. The Bertz CT molecular complexity index is 3010. The van der Waals surface area contributed by atoms with Crippen LogP contribution in [0.3, 0.4) is 0 Å². The molecule has 2 heterocycles. The van der Waals surface area contributed by atoms with Gasteiger partial charge in [0.15, 0.2) is 0 Å². The Morgan fingerprint density at radius 3 is 2.14 bits per heavy atom. The van der Waals surface area contributed by atoms with Gasteiger partial charge in [0.05, 0.1) is 9.40 Å². The van der Waals surface area contributed by atoms with E-state index in [2.05, 4.69) is 158 Å². The second-order valence-corrected chi connectivity index (χ2v) is 15.8. The first-order chi connectivity index (χ1) is 24.7. The summed E-state index contributed by atoms with van der Waals surface area (Å²) in [6.07, 6.45) is 3.44. The van der Waals surface area contributed by atoms with Gasteiger partial charge in [-0.25, -0.2) is 0 Å². The maximum atomic E-state index is 4.11. The van der Waals surface area contributed by atoms with Crippen molar-refractivity contribution in [3.8, 4) is 11.1 Å². The summed E-state index contributed by atoms with van der Waals surface area (Å²) in [5.74, 6) is 0.163. The van der Waals surface area contributed by atoms with Crippen LogP contribution in [0, 0.1) is 0 Å². The van der Waals surface area contributed by atoms with E-state index in [4.69, 9.17) is 0 Å². The predicted molar refractivity (Wildman–Crippen MR) is 218 cm³/mol. The third-order valence-electron chi connectivity index (χ3n) is 11.0. The molecule has 0 bridgehead atoms. The molecule has 2 heteroatoms. The lowest BCUT2D eigenvalue weighted by molar-refractivity contribution is 0.803. The molecule has 11 rings (SSSR count). The molecule has 0 fully saturated rings. The minimum Gasteiger partial charge on any atom is -0.134 e. The van der Waals surface area contributed by atoms with Gasteiger partial charge in [0.1, 0.15) is 0 Å². The smallest absolute Gasteiger partial charge is 0.0540 e. The fraction of sp³-hybridized carbons (Fsp3) is 0.0625. The molecular weight excluding hydrogens is 641 g/mol. The highest BCUT2D eigenvalue weighted by molar-refractivity contribution is 7.33. The number of fused-ring (bicyclic) bond motifs is 13. The van der Waals surface area contributed by atoms with Crippen LogP contribution < -0.4 is 0 Å². The summed E-state index contributed by atoms with van der Waals surface area (Å²) in [5, 5.41) is 7.99. The van der Waals surface area contributed by atoms with E-state index in [1.54, 1.807) is 0 Å². The van der Waals surface area contributed by atoms with Crippen molar-refractivity contribution in [2.75, 3.05) is 0 Å². The SMILES string of the molecule is CC1=C=C(c2cc3c4ccccc4sc3c3sc4ccccc4c23)C(C2Cc3ccc4ccccc4c3-c3ccccc32)=Cc2ccccc21. The fourth-order valence-corrected chi connectivity index (χ4v) is 11.3. The molecule has 0 N–H and O–H groups in total. The molecule has 2 aliphatic carbocycles. The number of benzene rings is 7. The maximum Gasteiger partial charge on any atom is 0.0540 e. The van der Waals surface area contributed by atoms with E-state index in [-0.39, 0.29) is 5.92 Å². The lowest BCUT2D eigenvalue weighted by atomic mass is 9.71. The zero-order valence-electron chi connectivity index (χ0n) is 27.5. The summed E-state index contributed by atoms with van der Waals surface area (Å²) < 4.78 is 5.45. The molecule has 2 aliphatic rings. The monoisotopic (exact) mass is 670 g/mol. The molecule has 50 heavy (non-hydrogen) atoms. The first-order valence-electron chi connectivity index (χ1n) is 17.4. The van der Waals surface area contributed by atoms with Crippen molar-refractivity contribution < 1.29 is 0 Å². The third kappa shape index (κ3) is 4.05. The highest BCUT2D eigenvalue weighted by Gasteiger charge is 2.32. The van der Waals surface area contributed by atoms with Gasteiger partial charge in [-0.05, 0) is 98.5 Å². The highest BCUT2D eigenvalue weighted by atomic mass is 32.1. The summed E-state index contributed by atoms with van der Waals surface area (Å²) in [6, 6.07) is 52.0. The van der Waals surface area contributed by atoms with Gasteiger partial charge in [0.25, 0.3) is 0 Å². The van der Waals surface area contributed by atoms with Gasteiger partial charge in [-0.2, -0.15) is 0 Å². The Balaban J connectivity index is 1.25. The minimum atomic E-state index is 0.163. The standard InChI is InChI=1S/C48H30S2/c1-28-24-38(41-27-42-35-17-8-10-20-43(35)49-47(42)48-46(41)37-19-9-11-21-44(37)50-48)40(25-30-13-3-4-14-32(28)30)39-26-31-23-22-29-12-2-5-15-33(29)45(31)36-18-7-6-16-34(36)39/h2-23,25,27,39H,26H2,1H3. The Morgan fingerprint density at radius 1 is 0.580 bits per heavy atom. The molecule has 0 amide bonds. The third-order valence-corrected chi connectivity index (χ3v) is 13.5. The number of hydrogen-bond acceptors (Lipinski definition) is 2. The van der Waals surface area contributed by atoms with Gasteiger partial charge >= 0.3 is 0 Å². The van der Waals surface area contributed by atoms with E-state index in [0.717, 1.165) is 6.42 Å². The Labute approximate surface area is 298 Å². The zero-order chi connectivity index (χ0) is 32.9. The van der Waals surface area contributed by atoms with E-state index >= 15 is 0 Å². The van der Waals surface area contributed by atoms with Crippen LogP contribution in [-0.4, -0.2) is 0 Å². The largest absolute Gasteiger partial charge is 0.134 e. The van der Waals surface area contributed by atoms with Crippen molar-refractivity contribution in [2.45, 2.75) is 19.3 Å². The van der Waals surface area contributed by atoms with Gasteiger partial charge in [0.2, 0.25) is 0 Å². The molecule has 0 saturated heterocycles. The van der Waals surface area contributed by atoms with Crippen LogP contribution in [0.1, 0.15) is 40.7 Å². The lowest BCUT2D eigenvalue weighted by Crippen LogP contribution is -2.15. The average molecular weight is 671 g/mol. The second-order valence-electron chi connectivity index (χ2n) is 13.7. The average Bonchev–Trinajstić information content (AvgIpc) is 3.70. The van der Waals surface area contributed by atoms with Crippen LogP contribution >= 0.6 is 22.7 Å². The number of thiophene rings is 2. The quantitative estimate of drug-likeness (QED) is 0.161. The van der Waals surface area contributed by atoms with Gasteiger partial charge in [0, 0.05) is 42.4 Å². The number of rotatable bonds is 2. The van der Waals surface area contributed by atoms with Gasteiger partial charge in [-0.15, -0.1) is 28.4 Å². The fourth-order valence-electron chi connectivity index (χ4n) is 8.73. The van der Waals surface area contributed by atoms with Crippen molar-refractivity contribution >= 4 is 91.0 Å². The van der Waals surface area contributed by atoms with Gasteiger partial charge in [-0.3, -0.25) is 0 Å². The topological polar surface area (TPSA) is 0 Å². The molecule has 1 unspecified atom stereocenters. The Hall–Kier alpha value is -5.50. The summed E-state index contributed by atoms with van der Waals surface area (Å²) >= 11 is 3.87. The van der Waals surface area contributed by atoms with E-state index < -0.39 is 0 Å². The number of hydrogen-bond donors (Lipinski definition) is 0. The van der Waals surface area contributed by atoms with Crippen molar-refractivity contribution in [1.82, 2.24) is 0 Å². The number of allylic oxidation sites excluding steroid dienone is 2. The van der Waals surface area contributed by atoms with Crippen molar-refractivity contribution in [3.05, 3.63) is 179 Å². The van der Waals surface area contributed by atoms with Crippen molar-refractivity contribution in [2.24, 2.45) is 0 Å². The first-order valence-corrected chi connectivity index (χ1v) is 19.0. The van der Waals surface area contributed by atoms with Crippen molar-refractivity contribution in [3.63, 3.8) is 0 Å². The molecule has 2 aromatic heterocycles. The molecule has 0 aliphatic heterocycles. The molecule has 0 spiro atoms. The van der Waals surface area contributed by atoms with Gasteiger partial charge in [-0.1, -0.05) is 121 Å². The molecule has 0 radical (unpaired) electrons. The summed E-state index contributed by atoms with van der Waals surface area (Å²) in [5.41, 5.74) is 17.2. The predicted octanol–water partition coefficient (Wildman–Crippen LogP) is 14.1. The molecule has 9 aromatic rings. The molecule has 0 saturated carbocycles. The van der Waals surface area contributed by atoms with Crippen LogP contribution in [0.15, 0.2) is 151 Å². The molecule has 0 nitrogen and oxygen atoms in total. The molecule has 7 aromatic carbocycles. The van der Waals surface area contributed by atoms with Crippen molar-refractivity contribution in [1.29, 1.82) is 0 Å². The van der Waals surface area contributed by atoms with Crippen LogP contribution in [-0.2, 0) is 6.42 Å². The molecule has 1 atom stereocenters. The van der Waals surface area contributed by atoms with E-state index in [0.29, 0.717) is 0 Å². The van der Waals surface area contributed by atoms with E-state index in [1.807, 2.05) is 22.7 Å². The zero-order valence-corrected chi connectivity index (χ0v) is 29.1. The second kappa shape index (κ2) is 10.7. The maximum absolute atomic E-state index is 4.11. The molecule has 234 valence electrons. The summed E-state index contributed by atoms with van der Waals surface area (Å²) in [4.78, 5) is 0. The summed E-state index contributed by atoms with van der Waals surface area (Å²) in [6.45, 7) is 2.24. The van der Waals surface area contributed by atoms with Crippen LogP contribution in [0.25, 0.3) is 79.5 Å². The first kappa shape index (κ1) is 28.3. The molecular formula is C48H30S2. The Morgan fingerprint density at radius 2 is 1.26 bits per heavy atom. The van der Waals surface area contributed by atoms with E-state index in [9.17, 15) is 0 Å². The summed E-state index contributed by atoms with van der Waals surface area (Å²) in [7, 11) is 0. The normalized spacial score (nSPS) is 15.5. The minimum absolute atomic E-state index is 0.163. The lowest BCUT2D eigenvalue weighted by Gasteiger charge is -2.31. The van der Waals surface area contributed by atoms with E-state index in [1.165, 1.54) is 107 Å².